The third-order valence-electron chi connectivity index (χ3n) is 2.95. The molecule has 0 radical (unpaired) electrons. The number of halogens is 1. The Morgan fingerprint density at radius 3 is 3.07 bits per heavy atom. The Balaban J connectivity index is 1.70. The third kappa shape index (κ3) is 3.16. The Labute approximate surface area is 100 Å². The standard InChI is InChI=1S/C11H17ClN2S/c1-8-14-10(7-15-8)6-13-5-9-3-2-4-11(9)12/h7,9,11,13H,2-6H2,1H3. The van der Waals surface area contributed by atoms with Gasteiger partial charge in [-0.25, -0.2) is 4.98 Å². The van der Waals surface area contributed by atoms with Crippen molar-refractivity contribution in [1.29, 1.82) is 0 Å². The van der Waals surface area contributed by atoms with Crippen molar-refractivity contribution in [2.75, 3.05) is 6.54 Å². The predicted molar refractivity (Wildman–Crippen MR) is 65.5 cm³/mol. The van der Waals surface area contributed by atoms with Crippen LogP contribution in [0.1, 0.15) is 30.0 Å². The number of aryl methyl sites for hydroxylation is 1. The second-order valence-electron chi connectivity index (χ2n) is 4.20. The SMILES string of the molecule is Cc1nc(CNCC2CCCC2Cl)cs1. The molecule has 2 unspecified atom stereocenters. The highest BCUT2D eigenvalue weighted by atomic mass is 35.5. The van der Waals surface area contributed by atoms with Gasteiger partial charge in [0.25, 0.3) is 0 Å². The van der Waals surface area contributed by atoms with Gasteiger partial charge in [0.05, 0.1) is 10.7 Å². The molecule has 1 fully saturated rings. The zero-order valence-corrected chi connectivity index (χ0v) is 10.6. The zero-order chi connectivity index (χ0) is 10.7. The fourth-order valence-corrected chi connectivity index (χ4v) is 3.08. The minimum Gasteiger partial charge on any atom is -0.311 e. The van der Waals surface area contributed by atoms with E-state index in [1.165, 1.54) is 19.3 Å². The third-order valence-corrected chi connectivity index (χ3v) is 4.34. The van der Waals surface area contributed by atoms with Gasteiger partial charge in [0.2, 0.25) is 0 Å². The smallest absolute Gasteiger partial charge is 0.0897 e. The first kappa shape index (κ1) is 11.4. The second-order valence-corrected chi connectivity index (χ2v) is 5.82. The molecule has 0 aliphatic heterocycles. The van der Waals surface area contributed by atoms with E-state index in [0.29, 0.717) is 11.3 Å². The van der Waals surface area contributed by atoms with E-state index in [1.54, 1.807) is 11.3 Å². The first-order valence-corrected chi connectivity index (χ1v) is 6.83. The number of hydrogen-bond donors (Lipinski definition) is 1. The summed E-state index contributed by atoms with van der Waals surface area (Å²) in [6.07, 6.45) is 3.75. The molecule has 1 aromatic rings. The summed E-state index contributed by atoms with van der Waals surface area (Å²) < 4.78 is 0. The summed E-state index contributed by atoms with van der Waals surface area (Å²) in [7, 11) is 0. The fourth-order valence-electron chi connectivity index (χ4n) is 2.10. The number of aromatic nitrogens is 1. The first-order chi connectivity index (χ1) is 7.25. The van der Waals surface area contributed by atoms with Crippen LogP contribution in [0.15, 0.2) is 5.38 Å². The van der Waals surface area contributed by atoms with E-state index >= 15 is 0 Å². The van der Waals surface area contributed by atoms with E-state index in [9.17, 15) is 0 Å². The fraction of sp³-hybridized carbons (Fsp3) is 0.727. The zero-order valence-electron chi connectivity index (χ0n) is 9.00. The lowest BCUT2D eigenvalue weighted by molar-refractivity contribution is 0.492. The van der Waals surface area contributed by atoms with Crippen LogP contribution in [0.4, 0.5) is 0 Å². The van der Waals surface area contributed by atoms with Gasteiger partial charge in [0, 0.05) is 17.3 Å². The number of thiazole rings is 1. The van der Waals surface area contributed by atoms with E-state index in [2.05, 4.69) is 15.7 Å². The summed E-state index contributed by atoms with van der Waals surface area (Å²) in [6.45, 7) is 3.95. The van der Waals surface area contributed by atoms with Gasteiger partial charge < -0.3 is 5.32 Å². The molecule has 0 saturated heterocycles. The molecule has 1 aromatic heterocycles. The van der Waals surface area contributed by atoms with Gasteiger partial charge in [-0.3, -0.25) is 0 Å². The lowest BCUT2D eigenvalue weighted by atomic mass is 10.1. The molecule has 2 nitrogen and oxygen atoms in total. The van der Waals surface area contributed by atoms with Crippen molar-refractivity contribution in [3.8, 4) is 0 Å². The van der Waals surface area contributed by atoms with Crippen LogP contribution in [0.3, 0.4) is 0 Å². The molecular weight excluding hydrogens is 228 g/mol. The Morgan fingerprint density at radius 1 is 1.60 bits per heavy atom. The Kier molecular flexibility index (Phi) is 4.00. The molecule has 0 aromatic carbocycles. The molecule has 1 heterocycles. The van der Waals surface area contributed by atoms with E-state index in [1.807, 2.05) is 6.92 Å². The second kappa shape index (κ2) is 5.28. The molecule has 1 N–H and O–H groups in total. The molecule has 0 amide bonds. The highest BCUT2D eigenvalue weighted by Crippen LogP contribution is 2.29. The molecule has 2 rings (SSSR count). The molecule has 15 heavy (non-hydrogen) atoms. The van der Waals surface area contributed by atoms with E-state index in [4.69, 9.17) is 11.6 Å². The molecule has 2 atom stereocenters. The van der Waals surface area contributed by atoms with Crippen molar-refractivity contribution in [3.63, 3.8) is 0 Å². The summed E-state index contributed by atoms with van der Waals surface area (Å²) >= 11 is 7.92. The molecule has 4 heteroatoms. The number of hydrogen-bond acceptors (Lipinski definition) is 3. The number of rotatable bonds is 4. The average Bonchev–Trinajstić information content (AvgIpc) is 2.77. The molecule has 1 saturated carbocycles. The van der Waals surface area contributed by atoms with Gasteiger partial charge in [0.1, 0.15) is 0 Å². The maximum atomic E-state index is 6.21. The molecule has 1 aliphatic carbocycles. The number of nitrogens with one attached hydrogen (secondary N) is 1. The van der Waals surface area contributed by atoms with Gasteiger partial charge in [-0.1, -0.05) is 6.42 Å². The van der Waals surface area contributed by atoms with Gasteiger partial charge in [-0.15, -0.1) is 22.9 Å². The largest absolute Gasteiger partial charge is 0.311 e. The lowest BCUT2D eigenvalue weighted by Crippen LogP contribution is -2.25. The quantitative estimate of drug-likeness (QED) is 0.824. The van der Waals surface area contributed by atoms with Crippen molar-refractivity contribution in [2.45, 2.75) is 38.1 Å². The van der Waals surface area contributed by atoms with Crippen LogP contribution in [-0.2, 0) is 6.54 Å². The van der Waals surface area contributed by atoms with Gasteiger partial charge >= 0.3 is 0 Å². The van der Waals surface area contributed by atoms with Crippen LogP contribution in [0.5, 0.6) is 0 Å². The van der Waals surface area contributed by atoms with E-state index in [-0.39, 0.29) is 0 Å². The van der Waals surface area contributed by atoms with E-state index < -0.39 is 0 Å². The predicted octanol–water partition coefficient (Wildman–Crippen LogP) is 2.95. The van der Waals surface area contributed by atoms with Crippen molar-refractivity contribution in [3.05, 3.63) is 16.1 Å². The van der Waals surface area contributed by atoms with Crippen molar-refractivity contribution < 1.29 is 0 Å². The summed E-state index contributed by atoms with van der Waals surface area (Å²) in [4.78, 5) is 4.42. The molecule has 0 spiro atoms. The molecular formula is C11H17ClN2S. The monoisotopic (exact) mass is 244 g/mol. The first-order valence-electron chi connectivity index (χ1n) is 5.51. The molecule has 1 aliphatic rings. The minimum absolute atomic E-state index is 0.384. The summed E-state index contributed by atoms with van der Waals surface area (Å²) in [5.74, 6) is 0.659. The Hall–Kier alpha value is -0.120. The highest BCUT2D eigenvalue weighted by molar-refractivity contribution is 7.09. The highest BCUT2D eigenvalue weighted by Gasteiger charge is 2.24. The molecule has 0 bridgehead atoms. The summed E-state index contributed by atoms with van der Waals surface area (Å²) in [5, 5.41) is 7.09. The maximum absolute atomic E-state index is 6.21. The minimum atomic E-state index is 0.384. The Bertz CT molecular complexity index is 313. The van der Waals surface area contributed by atoms with E-state index in [0.717, 1.165) is 23.8 Å². The van der Waals surface area contributed by atoms with Crippen LogP contribution >= 0.6 is 22.9 Å². The number of alkyl halides is 1. The van der Waals surface area contributed by atoms with Crippen molar-refractivity contribution >= 4 is 22.9 Å². The normalized spacial score (nSPS) is 26.0. The van der Waals surface area contributed by atoms with Crippen LogP contribution < -0.4 is 5.32 Å². The van der Waals surface area contributed by atoms with Crippen LogP contribution in [0.25, 0.3) is 0 Å². The topological polar surface area (TPSA) is 24.9 Å². The average molecular weight is 245 g/mol. The lowest BCUT2D eigenvalue weighted by Gasteiger charge is -2.13. The van der Waals surface area contributed by atoms with Gasteiger partial charge in [0.15, 0.2) is 0 Å². The molecule has 84 valence electrons. The van der Waals surface area contributed by atoms with Crippen molar-refractivity contribution in [1.82, 2.24) is 10.3 Å². The van der Waals surface area contributed by atoms with Crippen molar-refractivity contribution in [2.24, 2.45) is 5.92 Å². The summed E-state index contributed by atoms with van der Waals surface area (Å²) in [6, 6.07) is 0. The summed E-state index contributed by atoms with van der Waals surface area (Å²) in [5.41, 5.74) is 1.15. The van der Waals surface area contributed by atoms with Crippen LogP contribution in [-0.4, -0.2) is 16.9 Å². The Morgan fingerprint density at radius 2 is 2.47 bits per heavy atom. The van der Waals surface area contributed by atoms with Gasteiger partial charge in [-0.05, 0) is 32.2 Å². The maximum Gasteiger partial charge on any atom is 0.0897 e. The number of nitrogens with zero attached hydrogens (tertiary/aromatic N) is 1. The van der Waals surface area contributed by atoms with Crippen LogP contribution in [0, 0.1) is 12.8 Å². The van der Waals surface area contributed by atoms with Gasteiger partial charge in [-0.2, -0.15) is 0 Å². The van der Waals surface area contributed by atoms with Crippen LogP contribution in [0.2, 0.25) is 0 Å².